The van der Waals surface area contributed by atoms with E-state index in [1.54, 1.807) is 0 Å². The SMILES string of the molecule is CCC(C)(C)NC(C)(C)CC(C)(C)NC. The molecule has 0 saturated carbocycles. The largest absolute Gasteiger partial charge is 0.315 e. The topological polar surface area (TPSA) is 24.1 Å². The molecule has 0 aliphatic heterocycles. The molecule has 0 atom stereocenters. The van der Waals surface area contributed by atoms with Gasteiger partial charge < -0.3 is 10.6 Å². The second-order valence-electron chi connectivity index (χ2n) is 6.56. The van der Waals surface area contributed by atoms with Gasteiger partial charge in [0.05, 0.1) is 0 Å². The summed E-state index contributed by atoms with van der Waals surface area (Å²) in [6.07, 6.45) is 2.26. The van der Waals surface area contributed by atoms with Crippen LogP contribution in [0.1, 0.15) is 61.3 Å². The van der Waals surface area contributed by atoms with Gasteiger partial charge in [0, 0.05) is 16.6 Å². The van der Waals surface area contributed by atoms with Gasteiger partial charge in [0.25, 0.3) is 0 Å². The third-order valence-electron chi connectivity index (χ3n) is 3.12. The Morgan fingerprint density at radius 3 is 1.60 bits per heavy atom. The molecule has 15 heavy (non-hydrogen) atoms. The van der Waals surface area contributed by atoms with Crippen LogP contribution in [0.15, 0.2) is 0 Å². The van der Waals surface area contributed by atoms with Gasteiger partial charge >= 0.3 is 0 Å². The summed E-state index contributed by atoms with van der Waals surface area (Å²) < 4.78 is 0. The average molecular weight is 214 g/mol. The Morgan fingerprint density at radius 2 is 1.27 bits per heavy atom. The van der Waals surface area contributed by atoms with Crippen molar-refractivity contribution in [3.05, 3.63) is 0 Å². The zero-order chi connectivity index (χ0) is 12.3. The molecule has 0 aromatic carbocycles. The Hall–Kier alpha value is -0.0800. The predicted octanol–water partition coefficient (Wildman–Crippen LogP) is 2.93. The molecular formula is C13H30N2. The summed E-state index contributed by atoms with van der Waals surface area (Å²) >= 11 is 0. The first-order chi connectivity index (χ1) is 6.54. The summed E-state index contributed by atoms with van der Waals surface area (Å²) in [5.41, 5.74) is 0.555. The van der Waals surface area contributed by atoms with Gasteiger partial charge in [-0.15, -0.1) is 0 Å². The highest BCUT2D eigenvalue weighted by Gasteiger charge is 2.31. The molecule has 0 aromatic rings. The highest BCUT2D eigenvalue weighted by molar-refractivity contribution is 4.93. The molecular weight excluding hydrogens is 184 g/mol. The van der Waals surface area contributed by atoms with Crippen molar-refractivity contribution in [3.63, 3.8) is 0 Å². The summed E-state index contributed by atoms with van der Waals surface area (Å²) in [5.74, 6) is 0. The van der Waals surface area contributed by atoms with Crippen molar-refractivity contribution in [2.75, 3.05) is 7.05 Å². The van der Waals surface area contributed by atoms with Gasteiger partial charge in [-0.05, 0) is 61.4 Å². The van der Waals surface area contributed by atoms with E-state index in [1.807, 2.05) is 7.05 Å². The first-order valence-electron chi connectivity index (χ1n) is 6.02. The van der Waals surface area contributed by atoms with Crippen LogP contribution in [-0.2, 0) is 0 Å². The summed E-state index contributed by atoms with van der Waals surface area (Å²) in [6, 6.07) is 0. The summed E-state index contributed by atoms with van der Waals surface area (Å²) in [6.45, 7) is 15.8. The highest BCUT2D eigenvalue weighted by Crippen LogP contribution is 2.23. The number of hydrogen-bond acceptors (Lipinski definition) is 2. The van der Waals surface area contributed by atoms with Crippen molar-refractivity contribution < 1.29 is 0 Å². The van der Waals surface area contributed by atoms with Gasteiger partial charge in [0.1, 0.15) is 0 Å². The van der Waals surface area contributed by atoms with Crippen LogP contribution in [0.5, 0.6) is 0 Å². The van der Waals surface area contributed by atoms with Gasteiger partial charge in [-0.3, -0.25) is 0 Å². The van der Waals surface area contributed by atoms with Crippen molar-refractivity contribution in [1.82, 2.24) is 10.6 Å². The van der Waals surface area contributed by atoms with Crippen LogP contribution >= 0.6 is 0 Å². The molecule has 0 fully saturated rings. The molecule has 0 bridgehead atoms. The van der Waals surface area contributed by atoms with Gasteiger partial charge in [-0.1, -0.05) is 6.92 Å². The molecule has 2 N–H and O–H groups in total. The predicted molar refractivity (Wildman–Crippen MR) is 69.3 cm³/mol. The van der Waals surface area contributed by atoms with E-state index in [4.69, 9.17) is 0 Å². The van der Waals surface area contributed by atoms with Crippen LogP contribution in [0, 0.1) is 0 Å². The van der Waals surface area contributed by atoms with Crippen LogP contribution in [0.3, 0.4) is 0 Å². The maximum atomic E-state index is 3.73. The Balaban J connectivity index is 4.43. The summed E-state index contributed by atoms with van der Waals surface area (Å²) in [5, 5.41) is 7.09. The highest BCUT2D eigenvalue weighted by atomic mass is 15.0. The van der Waals surface area contributed by atoms with E-state index in [-0.39, 0.29) is 16.6 Å². The Bertz CT molecular complexity index is 173. The maximum Gasteiger partial charge on any atom is 0.0147 e. The van der Waals surface area contributed by atoms with Crippen LogP contribution < -0.4 is 10.6 Å². The first-order valence-corrected chi connectivity index (χ1v) is 6.02. The van der Waals surface area contributed by atoms with Crippen LogP contribution in [0.2, 0.25) is 0 Å². The quantitative estimate of drug-likeness (QED) is 0.710. The third-order valence-corrected chi connectivity index (χ3v) is 3.12. The van der Waals surface area contributed by atoms with E-state index in [0.717, 1.165) is 12.8 Å². The van der Waals surface area contributed by atoms with E-state index in [9.17, 15) is 0 Å². The van der Waals surface area contributed by atoms with Crippen molar-refractivity contribution in [2.45, 2.75) is 77.9 Å². The maximum absolute atomic E-state index is 3.73. The molecule has 0 unspecified atom stereocenters. The van der Waals surface area contributed by atoms with Crippen molar-refractivity contribution in [2.24, 2.45) is 0 Å². The lowest BCUT2D eigenvalue weighted by Gasteiger charge is -2.41. The minimum absolute atomic E-state index is 0.159. The number of nitrogens with one attached hydrogen (secondary N) is 2. The summed E-state index contributed by atoms with van der Waals surface area (Å²) in [7, 11) is 2.03. The molecule has 2 heteroatoms. The van der Waals surface area contributed by atoms with Crippen molar-refractivity contribution >= 4 is 0 Å². The van der Waals surface area contributed by atoms with E-state index in [2.05, 4.69) is 59.1 Å². The van der Waals surface area contributed by atoms with Crippen LogP contribution in [0.25, 0.3) is 0 Å². The molecule has 92 valence electrons. The lowest BCUT2D eigenvalue weighted by Crippen LogP contribution is -2.56. The van der Waals surface area contributed by atoms with Gasteiger partial charge in [0.15, 0.2) is 0 Å². The fourth-order valence-electron chi connectivity index (χ4n) is 2.24. The minimum atomic E-state index is 0.159. The fraction of sp³-hybridized carbons (Fsp3) is 1.00. The zero-order valence-electron chi connectivity index (χ0n) is 11.9. The van der Waals surface area contributed by atoms with Gasteiger partial charge in [-0.2, -0.15) is 0 Å². The molecule has 0 saturated heterocycles. The molecule has 0 spiro atoms. The zero-order valence-corrected chi connectivity index (χ0v) is 11.9. The first kappa shape index (κ1) is 14.9. The molecule has 0 aromatic heterocycles. The van der Waals surface area contributed by atoms with E-state index in [1.165, 1.54) is 0 Å². The normalized spacial score (nSPS) is 14.4. The Labute approximate surface area is 96.2 Å². The molecule has 2 nitrogen and oxygen atoms in total. The fourth-order valence-corrected chi connectivity index (χ4v) is 2.24. The molecule has 0 amide bonds. The monoisotopic (exact) mass is 214 g/mol. The van der Waals surface area contributed by atoms with Gasteiger partial charge in [0.2, 0.25) is 0 Å². The average Bonchev–Trinajstić information content (AvgIpc) is 2.00. The third kappa shape index (κ3) is 6.16. The Kier molecular flexibility index (Phi) is 4.81. The second-order valence-corrected chi connectivity index (χ2v) is 6.56. The Morgan fingerprint density at radius 1 is 0.800 bits per heavy atom. The standard InChI is InChI=1S/C13H30N2/c1-9-11(2,3)15-13(6,7)10-12(4,5)14-8/h14-15H,9-10H2,1-8H3. The van der Waals surface area contributed by atoms with Crippen LogP contribution in [-0.4, -0.2) is 23.7 Å². The summed E-state index contributed by atoms with van der Waals surface area (Å²) in [4.78, 5) is 0. The molecule has 0 aliphatic rings. The van der Waals surface area contributed by atoms with Crippen LogP contribution in [0.4, 0.5) is 0 Å². The van der Waals surface area contributed by atoms with E-state index < -0.39 is 0 Å². The number of rotatable bonds is 6. The van der Waals surface area contributed by atoms with E-state index >= 15 is 0 Å². The van der Waals surface area contributed by atoms with E-state index in [0.29, 0.717) is 0 Å². The molecule has 0 aliphatic carbocycles. The lowest BCUT2D eigenvalue weighted by molar-refractivity contribution is 0.200. The van der Waals surface area contributed by atoms with Gasteiger partial charge in [-0.25, -0.2) is 0 Å². The number of hydrogen-bond donors (Lipinski definition) is 2. The molecule has 0 radical (unpaired) electrons. The second kappa shape index (κ2) is 4.84. The van der Waals surface area contributed by atoms with Crippen molar-refractivity contribution in [3.8, 4) is 0 Å². The smallest absolute Gasteiger partial charge is 0.0147 e. The minimum Gasteiger partial charge on any atom is -0.315 e. The lowest BCUT2D eigenvalue weighted by atomic mass is 9.84. The molecule has 0 heterocycles. The van der Waals surface area contributed by atoms with Crippen molar-refractivity contribution in [1.29, 1.82) is 0 Å². The molecule has 0 rings (SSSR count).